The average molecular weight is 354 g/mol. The van der Waals surface area contributed by atoms with E-state index in [1.54, 1.807) is 6.07 Å². The van der Waals surface area contributed by atoms with Gasteiger partial charge in [0.05, 0.1) is 17.3 Å². The molecule has 0 aliphatic rings. The van der Waals surface area contributed by atoms with Crippen LogP contribution in [0.4, 0.5) is 11.4 Å². The molecule has 0 heterocycles. The molecule has 0 bridgehead atoms. The second kappa shape index (κ2) is 6.77. The molecule has 2 aromatic rings. The number of aryl methyl sites for hydroxylation is 1. The summed E-state index contributed by atoms with van der Waals surface area (Å²) in [5, 5.41) is 6.46. The molecular formula is C15H14BrClN2O. The van der Waals surface area contributed by atoms with Crippen LogP contribution in [0.25, 0.3) is 0 Å². The number of para-hydroxylation sites is 1. The molecule has 0 spiro atoms. The summed E-state index contributed by atoms with van der Waals surface area (Å²) in [6.45, 7) is 2.11. The molecule has 0 radical (unpaired) electrons. The van der Waals surface area contributed by atoms with Crippen LogP contribution in [-0.2, 0) is 4.79 Å². The lowest BCUT2D eigenvalue weighted by atomic mass is 10.2. The Hall–Kier alpha value is -1.52. The van der Waals surface area contributed by atoms with E-state index in [1.165, 1.54) is 0 Å². The van der Waals surface area contributed by atoms with Crippen LogP contribution in [0.2, 0.25) is 5.02 Å². The second-order valence-electron chi connectivity index (χ2n) is 4.34. The molecule has 20 heavy (non-hydrogen) atoms. The number of halogens is 2. The molecule has 0 saturated heterocycles. The molecule has 2 aromatic carbocycles. The third-order valence-corrected chi connectivity index (χ3v) is 3.61. The summed E-state index contributed by atoms with van der Waals surface area (Å²) in [7, 11) is 0. The van der Waals surface area contributed by atoms with Gasteiger partial charge in [-0.25, -0.2) is 0 Å². The van der Waals surface area contributed by atoms with Gasteiger partial charge in [-0.05, 0) is 36.8 Å². The number of benzene rings is 2. The number of nitrogens with one attached hydrogen (secondary N) is 2. The number of hydrogen-bond donors (Lipinski definition) is 2. The number of carbonyl (C=O) groups is 1. The van der Waals surface area contributed by atoms with E-state index in [2.05, 4.69) is 26.6 Å². The molecule has 0 aliphatic heterocycles. The van der Waals surface area contributed by atoms with E-state index in [-0.39, 0.29) is 12.5 Å². The first-order chi connectivity index (χ1) is 9.56. The van der Waals surface area contributed by atoms with Crippen LogP contribution in [0.3, 0.4) is 0 Å². The highest BCUT2D eigenvalue weighted by Gasteiger charge is 2.06. The monoisotopic (exact) mass is 352 g/mol. The maximum absolute atomic E-state index is 11.9. The molecular weight excluding hydrogens is 340 g/mol. The summed E-state index contributed by atoms with van der Waals surface area (Å²) in [4.78, 5) is 11.9. The van der Waals surface area contributed by atoms with E-state index in [1.807, 2.05) is 43.3 Å². The Balaban J connectivity index is 1.96. The van der Waals surface area contributed by atoms with Crippen molar-refractivity contribution < 1.29 is 4.79 Å². The van der Waals surface area contributed by atoms with Gasteiger partial charge < -0.3 is 10.6 Å². The zero-order valence-electron chi connectivity index (χ0n) is 10.9. The van der Waals surface area contributed by atoms with Crippen LogP contribution < -0.4 is 10.6 Å². The molecule has 0 aliphatic carbocycles. The van der Waals surface area contributed by atoms with Crippen LogP contribution in [0.1, 0.15) is 5.56 Å². The van der Waals surface area contributed by atoms with Gasteiger partial charge in [-0.2, -0.15) is 0 Å². The quantitative estimate of drug-likeness (QED) is 0.852. The Morgan fingerprint density at radius 2 is 1.95 bits per heavy atom. The van der Waals surface area contributed by atoms with E-state index >= 15 is 0 Å². The van der Waals surface area contributed by atoms with Gasteiger partial charge in [-0.1, -0.05) is 45.7 Å². The van der Waals surface area contributed by atoms with Gasteiger partial charge in [0, 0.05) is 10.2 Å². The SMILES string of the molecule is Cc1ccccc1NC(=O)CNc1cc(Br)ccc1Cl. The minimum absolute atomic E-state index is 0.115. The molecule has 2 rings (SSSR count). The molecule has 0 fully saturated rings. The lowest BCUT2D eigenvalue weighted by Gasteiger charge is -2.11. The number of anilines is 2. The molecule has 0 saturated carbocycles. The minimum atomic E-state index is -0.115. The highest BCUT2D eigenvalue weighted by atomic mass is 79.9. The normalized spacial score (nSPS) is 10.2. The lowest BCUT2D eigenvalue weighted by Crippen LogP contribution is -2.22. The van der Waals surface area contributed by atoms with Crippen molar-refractivity contribution >= 4 is 44.8 Å². The van der Waals surface area contributed by atoms with Crippen LogP contribution in [0.15, 0.2) is 46.9 Å². The Morgan fingerprint density at radius 3 is 2.70 bits per heavy atom. The molecule has 3 nitrogen and oxygen atoms in total. The van der Waals surface area contributed by atoms with E-state index in [9.17, 15) is 4.79 Å². The zero-order chi connectivity index (χ0) is 14.5. The number of amides is 1. The number of rotatable bonds is 4. The maximum atomic E-state index is 11.9. The zero-order valence-corrected chi connectivity index (χ0v) is 13.3. The molecule has 0 aromatic heterocycles. The Bertz CT molecular complexity index is 631. The van der Waals surface area contributed by atoms with Crippen molar-refractivity contribution in [1.29, 1.82) is 0 Å². The standard InChI is InChI=1S/C15H14BrClN2O/c1-10-4-2-3-5-13(10)19-15(20)9-18-14-8-11(16)6-7-12(14)17/h2-8,18H,9H2,1H3,(H,19,20). The molecule has 0 atom stereocenters. The first-order valence-electron chi connectivity index (χ1n) is 6.10. The van der Waals surface area contributed by atoms with Crippen molar-refractivity contribution in [2.75, 3.05) is 17.2 Å². The minimum Gasteiger partial charge on any atom is -0.375 e. The Labute approximate surface area is 131 Å². The first-order valence-corrected chi connectivity index (χ1v) is 7.28. The van der Waals surface area contributed by atoms with Crippen LogP contribution in [0, 0.1) is 6.92 Å². The van der Waals surface area contributed by atoms with Crippen molar-refractivity contribution in [1.82, 2.24) is 0 Å². The van der Waals surface area contributed by atoms with E-state index in [0.717, 1.165) is 21.4 Å². The van der Waals surface area contributed by atoms with Gasteiger partial charge in [0.15, 0.2) is 0 Å². The van der Waals surface area contributed by atoms with Crippen LogP contribution >= 0.6 is 27.5 Å². The third-order valence-electron chi connectivity index (χ3n) is 2.79. The summed E-state index contributed by atoms with van der Waals surface area (Å²) >= 11 is 9.42. The highest BCUT2D eigenvalue weighted by molar-refractivity contribution is 9.10. The predicted octanol–water partition coefficient (Wildman–Crippen LogP) is 4.46. The molecule has 5 heteroatoms. The van der Waals surface area contributed by atoms with Gasteiger partial charge >= 0.3 is 0 Å². The van der Waals surface area contributed by atoms with Gasteiger partial charge in [0.25, 0.3) is 0 Å². The number of hydrogen-bond acceptors (Lipinski definition) is 2. The van der Waals surface area contributed by atoms with Crippen LogP contribution in [0.5, 0.6) is 0 Å². The fraction of sp³-hybridized carbons (Fsp3) is 0.133. The first kappa shape index (κ1) is 14.9. The second-order valence-corrected chi connectivity index (χ2v) is 5.66. The third kappa shape index (κ3) is 3.99. The van der Waals surface area contributed by atoms with Gasteiger partial charge in [-0.3, -0.25) is 4.79 Å². The van der Waals surface area contributed by atoms with Crippen molar-refractivity contribution in [3.63, 3.8) is 0 Å². The summed E-state index contributed by atoms with van der Waals surface area (Å²) in [5.74, 6) is -0.115. The highest BCUT2D eigenvalue weighted by Crippen LogP contribution is 2.25. The molecule has 1 amide bonds. The van der Waals surface area contributed by atoms with Crippen LogP contribution in [-0.4, -0.2) is 12.5 Å². The molecule has 0 unspecified atom stereocenters. The fourth-order valence-corrected chi connectivity index (χ4v) is 2.26. The van der Waals surface area contributed by atoms with E-state index < -0.39 is 0 Å². The molecule has 104 valence electrons. The smallest absolute Gasteiger partial charge is 0.243 e. The van der Waals surface area contributed by atoms with Crippen molar-refractivity contribution in [2.45, 2.75) is 6.92 Å². The predicted molar refractivity (Wildman–Crippen MR) is 87.5 cm³/mol. The van der Waals surface area contributed by atoms with E-state index in [4.69, 9.17) is 11.6 Å². The lowest BCUT2D eigenvalue weighted by molar-refractivity contribution is -0.114. The van der Waals surface area contributed by atoms with Gasteiger partial charge in [-0.15, -0.1) is 0 Å². The van der Waals surface area contributed by atoms with E-state index in [0.29, 0.717) is 5.02 Å². The Morgan fingerprint density at radius 1 is 1.20 bits per heavy atom. The summed E-state index contributed by atoms with van der Waals surface area (Å²) in [6.07, 6.45) is 0. The topological polar surface area (TPSA) is 41.1 Å². The summed E-state index contributed by atoms with van der Waals surface area (Å²) in [6, 6.07) is 13.1. The van der Waals surface area contributed by atoms with Gasteiger partial charge in [0.1, 0.15) is 0 Å². The van der Waals surface area contributed by atoms with Gasteiger partial charge in [0.2, 0.25) is 5.91 Å². The number of carbonyl (C=O) groups excluding carboxylic acids is 1. The Kier molecular flexibility index (Phi) is 5.04. The van der Waals surface area contributed by atoms with Crippen molar-refractivity contribution in [2.24, 2.45) is 0 Å². The maximum Gasteiger partial charge on any atom is 0.243 e. The fourth-order valence-electron chi connectivity index (χ4n) is 1.72. The largest absolute Gasteiger partial charge is 0.375 e. The molecule has 2 N–H and O–H groups in total. The summed E-state index contributed by atoms with van der Waals surface area (Å²) < 4.78 is 0.906. The van der Waals surface area contributed by atoms with Crippen molar-refractivity contribution in [3.8, 4) is 0 Å². The van der Waals surface area contributed by atoms with Crippen molar-refractivity contribution in [3.05, 3.63) is 57.5 Å². The average Bonchev–Trinajstić information content (AvgIpc) is 2.42. The summed E-state index contributed by atoms with van der Waals surface area (Å²) in [5.41, 5.74) is 2.57.